The van der Waals surface area contributed by atoms with E-state index in [1.165, 1.54) is 11.1 Å². The standard InChI is InChI=1S/C18H25N3/c1-4-19-18-12-17(10-11-20-18)14-21(15(2)3)13-16-8-6-5-7-9-16/h5-12,15H,4,13-14H2,1-3H3,(H,19,20). The molecule has 1 aromatic heterocycles. The Kier molecular flexibility index (Phi) is 5.76. The van der Waals surface area contributed by atoms with Crippen LogP contribution in [0.25, 0.3) is 0 Å². The topological polar surface area (TPSA) is 28.2 Å². The number of nitrogens with zero attached hydrogens (tertiary/aromatic N) is 2. The van der Waals surface area contributed by atoms with Gasteiger partial charge in [0.15, 0.2) is 0 Å². The molecule has 2 rings (SSSR count). The molecule has 3 heteroatoms. The number of pyridine rings is 1. The zero-order chi connectivity index (χ0) is 15.1. The minimum atomic E-state index is 0.501. The summed E-state index contributed by atoms with van der Waals surface area (Å²) in [7, 11) is 0. The second kappa shape index (κ2) is 7.79. The summed E-state index contributed by atoms with van der Waals surface area (Å²) in [5.74, 6) is 0.957. The second-order valence-electron chi connectivity index (χ2n) is 5.56. The predicted molar refractivity (Wildman–Crippen MR) is 89.2 cm³/mol. The molecule has 0 aliphatic rings. The molecular formula is C18H25N3. The second-order valence-corrected chi connectivity index (χ2v) is 5.56. The molecule has 0 aliphatic heterocycles. The van der Waals surface area contributed by atoms with Gasteiger partial charge in [0.05, 0.1) is 0 Å². The highest BCUT2D eigenvalue weighted by Gasteiger charge is 2.11. The smallest absolute Gasteiger partial charge is 0.126 e. The fourth-order valence-electron chi connectivity index (χ4n) is 2.32. The molecule has 21 heavy (non-hydrogen) atoms. The fourth-order valence-corrected chi connectivity index (χ4v) is 2.32. The molecule has 3 nitrogen and oxygen atoms in total. The quantitative estimate of drug-likeness (QED) is 0.834. The van der Waals surface area contributed by atoms with Crippen molar-refractivity contribution in [1.29, 1.82) is 0 Å². The summed E-state index contributed by atoms with van der Waals surface area (Å²) in [6, 6.07) is 15.4. The van der Waals surface area contributed by atoms with Crippen molar-refractivity contribution in [1.82, 2.24) is 9.88 Å². The number of aromatic nitrogens is 1. The van der Waals surface area contributed by atoms with Crippen molar-refractivity contribution in [3.63, 3.8) is 0 Å². The van der Waals surface area contributed by atoms with Crippen molar-refractivity contribution in [2.24, 2.45) is 0 Å². The molecule has 1 heterocycles. The normalized spacial score (nSPS) is 11.1. The highest BCUT2D eigenvalue weighted by atomic mass is 15.1. The summed E-state index contributed by atoms with van der Waals surface area (Å²) < 4.78 is 0. The van der Waals surface area contributed by atoms with Crippen LogP contribution in [0.1, 0.15) is 31.9 Å². The average molecular weight is 283 g/mol. The molecule has 0 fully saturated rings. The first kappa shape index (κ1) is 15.5. The van der Waals surface area contributed by atoms with Crippen LogP contribution >= 0.6 is 0 Å². The first-order chi connectivity index (χ1) is 10.2. The lowest BCUT2D eigenvalue weighted by molar-refractivity contribution is 0.203. The Labute approximate surface area is 128 Å². The largest absolute Gasteiger partial charge is 0.370 e. The summed E-state index contributed by atoms with van der Waals surface area (Å²) in [6.45, 7) is 9.38. The fraction of sp³-hybridized carbons (Fsp3) is 0.389. The van der Waals surface area contributed by atoms with Gasteiger partial charge in [-0.2, -0.15) is 0 Å². The Morgan fingerprint density at radius 1 is 1.05 bits per heavy atom. The maximum Gasteiger partial charge on any atom is 0.126 e. The van der Waals surface area contributed by atoms with Gasteiger partial charge >= 0.3 is 0 Å². The number of anilines is 1. The van der Waals surface area contributed by atoms with Crippen LogP contribution < -0.4 is 5.32 Å². The lowest BCUT2D eigenvalue weighted by Crippen LogP contribution is -2.29. The maximum absolute atomic E-state index is 4.34. The average Bonchev–Trinajstić information content (AvgIpc) is 2.48. The summed E-state index contributed by atoms with van der Waals surface area (Å²) in [6.07, 6.45) is 1.88. The number of hydrogen-bond acceptors (Lipinski definition) is 3. The minimum Gasteiger partial charge on any atom is -0.370 e. The minimum absolute atomic E-state index is 0.501. The Balaban J connectivity index is 2.07. The molecule has 0 saturated heterocycles. The van der Waals surface area contributed by atoms with Crippen LogP contribution in [0, 0.1) is 0 Å². The first-order valence-electron chi connectivity index (χ1n) is 7.65. The van der Waals surface area contributed by atoms with Gasteiger partial charge in [-0.15, -0.1) is 0 Å². The molecule has 0 atom stereocenters. The lowest BCUT2D eigenvalue weighted by atomic mass is 10.1. The van der Waals surface area contributed by atoms with Crippen LogP contribution in [0.2, 0.25) is 0 Å². The van der Waals surface area contributed by atoms with Crippen LogP contribution in [0.4, 0.5) is 5.82 Å². The van der Waals surface area contributed by atoms with Crippen LogP contribution in [-0.4, -0.2) is 22.5 Å². The van der Waals surface area contributed by atoms with Gasteiger partial charge in [-0.1, -0.05) is 30.3 Å². The number of rotatable bonds is 7. The molecular weight excluding hydrogens is 258 g/mol. The van der Waals surface area contributed by atoms with Gasteiger partial charge < -0.3 is 5.32 Å². The first-order valence-corrected chi connectivity index (χ1v) is 7.65. The van der Waals surface area contributed by atoms with Crippen molar-refractivity contribution >= 4 is 5.82 Å². The van der Waals surface area contributed by atoms with Crippen molar-refractivity contribution in [2.75, 3.05) is 11.9 Å². The van der Waals surface area contributed by atoms with E-state index < -0.39 is 0 Å². The van der Waals surface area contributed by atoms with Crippen LogP contribution in [0.15, 0.2) is 48.7 Å². The highest BCUT2D eigenvalue weighted by Crippen LogP contribution is 2.15. The van der Waals surface area contributed by atoms with Gasteiger partial charge in [0.25, 0.3) is 0 Å². The van der Waals surface area contributed by atoms with Gasteiger partial charge in [0.1, 0.15) is 5.82 Å². The molecule has 0 radical (unpaired) electrons. The predicted octanol–water partition coefficient (Wildman–Crippen LogP) is 3.92. The van der Waals surface area contributed by atoms with Gasteiger partial charge in [0.2, 0.25) is 0 Å². The zero-order valence-electron chi connectivity index (χ0n) is 13.2. The lowest BCUT2D eigenvalue weighted by Gasteiger charge is -2.26. The third-order valence-electron chi connectivity index (χ3n) is 3.53. The van der Waals surface area contributed by atoms with E-state index in [0.717, 1.165) is 25.5 Å². The van der Waals surface area contributed by atoms with Gasteiger partial charge in [-0.25, -0.2) is 4.98 Å². The summed E-state index contributed by atoms with van der Waals surface area (Å²) in [5.41, 5.74) is 2.65. The monoisotopic (exact) mass is 283 g/mol. The molecule has 0 aliphatic carbocycles. The SMILES string of the molecule is CCNc1cc(CN(Cc2ccccc2)C(C)C)ccn1. The summed E-state index contributed by atoms with van der Waals surface area (Å²) in [4.78, 5) is 6.81. The Morgan fingerprint density at radius 2 is 1.76 bits per heavy atom. The van der Waals surface area contributed by atoms with E-state index in [1.807, 2.05) is 6.20 Å². The molecule has 0 unspecified atom stereocenters. The zero-order valence-corrected chi connectivity index (χ0v) is 13.2. The van der Waals surface area contributed by atoms with Gasteiger partial charge in [-0.05, 0) is 44.0 Å². The van der Waals surface area contributed by atoms with Crippen LogP contribution in [0.3, 0.4) is 0 Å². The van der Waals surface area contributed by atoms with Crippen molar-refractivity contribution in [2.45, 2.75) is 39.9 Å². The van der Waals surface area contributed by atoms with Gasteiger partial charge in [-0.3, -0.25) is 4.90 Å². The molecule has 0 saturated carbocycles. The molecule has 1 aromatic carbocycles. The van der Waals surface area contributed by atoms with Crippen LogP contribution in [-0.2, 0) is 13.1 Å². The van der Waals surface area contributed by atoms with Crippen molar-refractivity contribution in [3.05, 3.63) is 59.8 Å². The molecule has 0 bridgehead atoms. The Hall–Kier alpha value is -1.87. The highest BCUT2D eigenvalue weighted by molar-refractivity contribution is 5.37. The van der Waals surface area contributed by atoms with Crippen molar-refractivity contribution < 1.29 is 0 Å². The third kappa shape index (κ3) is 4.87. The molecule has 0 amide bonds. The summed E-state index contributed by atoms with van der Waals surface area (Å²) >= 11 is 0. The van der Waals surface area contributed by atoms with E-state index in [-0.39, 0.29) is 0 Å². The van der Waals surface area contributed by atoms with E-state index in [0.29, 0.717) is 6.04 Å². The number of nitrogens with one attached hydrogen (secondary N) is 1. The van der Waals surface area contributed by atoms with Crippen LogP contribution in [0.5, 0.6) is 0 Å². The molecule has 0 spiro atoms. The van der Waals surface area contributed by atoms with Gasteiger partial charge in [0, 0.05) is 31.9 Å². The Morgan fingerprint density at radius 3 is 2.43 bits per heavy atom. The summed E-state index contributed by atoms with van der Waals surface area (Å²) in [5, 5.41) is 3.27. The van der Waals surface area contributed by atoms with Crippen molar-refractivity contribution in [3.8, 4) is 0 Å². The van der Waals surface area contributed by atoms with E-state index in [2.05, 4.69) is 78.4 Å². The van der Waals surface area contributed by atoms with E-state index >= 15 is 0 Å². The molecule has 1 N–H and O–H groups in total. The van der Waals surface area contributed by atoms with E-state index in [1.54, 1.807) is 0 Å². The van der Waals surface area contributed by atoms with E-state index in [4.69, 9.17) is 0 Å². The number of hydrogen-bond donors (Lipinski definition) is 1. The maximum atomic E-state index is 4.34. The third-order valence-corrected chi connectivity index (χ3v) is 3.53. The Bertz CT molecular complexity index is 537. The molecule has 112 valence electrons. The number of benzene rings is 1. The van der Waals surface area contributed by atoms with E-state index in [9.17, 15) is 0 Å². The molecule has 2 aromatic rings.